The predicted octanol–water partition coefficient (Wildman–Crippen LogP) is 3.79. The van der Waals surface area contributed by atoms with E-state index in [1.165, 1.54) is 16.5 Å². The molecular weight excluding hydrogens is 1050 g/mol. The van der Waals surface area contributed by atoms with Crippen LogP contribution in [0.25, 0.3) is 22.1 Å². The monoisotopic (exact) mass is 1130 g/mol. The molecule has 5 aliphatic heterocycles. The first-order chi connectivity index (χ1) is 37.1. The van der Waals surface area contributed by atoms with E-state index in [9.17, 15) is 50.7 Å². The molecule has 6 N–H and O–H groups in total. The van der Waals surface area contributed by atoms with Crippen molar-refractivity contribution >= 4 is 77.8 Å². The van der Waals surface area contributed by atoms with Crippen LogP contribution in [-0.2, 0) is 53.7 Å². The van der Waals surface area contributed by atoms with E-state index in [0.29, 0.717) is 43.9 Å². The summed E-state index contributed by atoms with van der Waals surface area (Å²) in [5, 5.41) is 20.0. The lowest BCUT2D eigenvalue weighted by atomic mass is 9.90. The molecule has 2 atom stereocenters. The van der Waals surface area contributed by atoms with Crippen LogP contribution in [0.5, 0.6) is 0 Å². The highest BCUT2D eigenvalue weighted by Crippen LogP contribution is 2.37. The highest BCUT2D eigenvalue weighted by atomic mass is 32.2. The fourth-order valence-corrected chi connectivity index (χ4v) is 13.9. The number of imide groups is 2. The van der Waals surface area contributed by atoms with Crippen molar-refractivity contribution in [2.24, 2.45) is 23.5 Å². The van der Waals surface area contributed by atoms with Crippen molar-refractivity contribution in [2.75, 3.05) is 52.5 Å². The molecule has 5 amide bonds. The number of hydrogen-bond donors (Lipinski definition) is 5. The Balaban J connectivity index is 0.000000165. The van der Waals surface area contributed by atoms with Crippen LogP contribution >= 0.6 is 0 Å². The lowest BCUT2D eigenvalue weighted by molar-refractivity contribution is -0.198. The standard InChI is InChI=1S/C22H32N4O4S.C16H21N3O2S.C9H8N2O7.C5H13NO/c1-15(2)17(14-27)10-21(28)25-12-18(13-25)31(29,30)26-8-5-16(6-9-26)20-11-24-22-19(20)4-3-7-23-22;20-22(21,13-3-1-4-13)19-9-6-12(7-10-19)15-11-18-16-14(15)5-2-8-17-16;12-5-1-2-6(13)10(5)17-9(16)18-11-7(14)3-4-8(11)15;1-4(2)5(6)3-7/h3-4,7,11,15-18,27H,5-6,8-10,12-14H2,1-2H3,(H,23,24);2,5,8,11-13H,1,3-4,6-7,9-10H2,(H,17,18);1-4H2;4-5,7H,3,6H2,1-2H3. The van der Waals surface area contributed by atoms with E-state index >= 15 is 0 Å². The quantitative estimate of drug-likeness (QED) is 0.112. The number of nitrogens with zero attached hydrogens (tertiary/aromatic N) is 7. The van der Waals surface area contributed by atoms with Crippen LogP contribution in [0.4, 0.5) is 4.79 Å². The number of sulfonamides is 2. The number of fused-ring (bicyclic) bond motifs is 2. The number of carbonyl (C=O) groups excluding carboxylic acids is 6. The average Bonchev–Trinajstić information content (AvgIpc) is 4.22. The summed E-state index contributed by atoms with van der Waals surface area (Å²) in [6, 6.07) is 7.98. The van der Waals surface area contributed by atoms with Gasteiger partial charge in [-0.25, -0.2) is 35.4 Å². The number of rotatable bonds is 14. The van der Waals surface area contributed by atoms with Gasteiger partial charge in [0.2, 0.25) is 26.0 Å². The Kier molecular flexibility index (Phi) is 20.2. The van der Waals surface area contributed by atoms with Crippen molar-refractivity contribution < 1.29 is 65.5 Å². The number of carbonyl (C=O) groups is 6. The van der Waals surface area contributed by atoms with E-state index in [4.69, 9.17) is 10.8 Å². The molecule has 24 nitrogen and oxygen atoms in total. The summed E-state index contributed by atoms with van der Waals surface area (Å²) in [5.74, 6) is -1.54. The second kappa shape index (κ2) is 26.4. The van der Waals surface area contributed by atoms with Crippen molar-refractivity contribution in [3.05, 3.63) is 60.2 Å². The number of piperidine rings is 2. The molecule has 0 bridgehead atoms. The van der Waals surface area contributed by atoms with Gasteiger partial charge < -0.3 is 30.8 Å². The number of aliphatic hydroxyl groups excluding tert-OH is 2. The summed E-state index contributed by atoms with van der Waals surface area (Å²) in [6.07, 6.45) is 12.2. The highest BCUT2D eigenvalue weighted by Gasteiger charge is 2.45. The number of aromatic amines is 2. The molecule has 10 rings (SSSR count). The van der Waals surface area contributed by atoms with E-state index in [2.05, 4.69) is 41.7 Å². The Bertz CT molecular complexity index is 2910. The predicted molar refractivity (Wildman–Crippen MR) is 285 cm³/mol. The first-order valence-corrected chi connectivity index (χ1v) is 29.8. The zero-order valence-electron chi connectivity index (χ0n) is 44.7. The molecule has 0 aromatic carbocycles. The molecule has 78 heavy (non-hydrogen) atoms. The zero-order chi connectivity index (χ0) is 56.5. The van der Waals surface area contributed by atoms with Gasteiger partial charge in [-0.1, -0.05) is 44.2 Å². The number of hydroxylamine groups is 4. The zero-order valence-corrected chi connectivity index (χ0v) is 46.3. The Morgan fingerprint density at radius 3 is 1.42 bits per heavy atom. The number of aromatic nitrogens is 4. The van der Waals surface area contributed by atoms with Crippen LogP contribution in [-0.4, -0.2) is 175 Å². The maximum Gasteiger partial charge on any atom is 0.560 e. The molecule has 6 aliphatic rings. The maximum absolute atomic E-state index is 13.1. The number of nitrogens with two attached hydrogens (primary N) is 1. The molecule has 2 unspecified atom stereocenters. The van der Waals surface area contributed by atoms with E-state index in [-0.39, 0.29) is 97.6 Å². The van der Waals surface area contributed by atoms with Crippen molar-refractivity contribution in [1.29, 1.82) is 0 Å². The minimum atomic E-state index is -3.41. The Hall–Kier alpha value is -5.90. The first kappa shape index (κ1) is 59.8. The highest BCUT2D eigenvalue weighted by molar-refractivity contribution is 7.90. The number of amides is 5. The van der Waals surface area contributed by atoms with Crippen molar-refractivity contribution in [2.45, 2.75) is 133 Å². The molecule has 0 spiro atoms. The second-order valence-corrected chi connectivity index (χ2v) is 25.7. The molecule has 428 valence electrons. The van der Waals surface area contributed by atoms with E-state index in [1.54, 1.807) is 25.9 Å². The van der Waals surface area contributed by atoms with E-state index in [1.807, 2.05) is 52.2 Å². The Labute approximate surface area is 454 Å². The van der Waals surface area contributed by atoms with Crippen LogP contribution in [0.2, 0.25) is 0 Å². The SMILES string of the molecule is CC(C)C(CO)CC(=O)N1CC(S(=O)(=O)N2CCC(c3c[nH]c4ncccc34)CC2)C1.CC(C)C(N)CO.O=C(ON1C(=O)CCC1=O)ON1C(=O)CCC1=O.O=S(=O)(C1CCC1)N1CCC(c2c[nH]c3ncccc23)CC1. The smallest absolute Gasteiger partial charge is 0.396 e. The van der Waals surface area contributed by atoms with Gasteiger partial charge in [0.25, 0.3) is 23.6 Å². The number of hydrogen-bond acceptors (Lipinski definition) is 17. The summed E-state index contributed by atoms with van der Waals surface area (Å²) < 4.78 is 54.4. The summed E-state index contributed by atoms with van der Waals surface area (Å²) >= 11 is 0. The summed E-state index contributed by atoms with van der Waals surface area (Å²) in [5.41, 5.74) is 9.65. The number of nitrogens with one attached hydrogen (secondary N) is 2. The Morgan fingerprint density at radius 1 is 0.654 bits per heavy atom. The van der Waals surface area contributed by atoms with E-state index in [0.717, 1.165) is 61.6 Å². The number of likely N-dealkylation sites (tertiary alicyclic amines) is 1. The van der Waals surface area contributed by atoms with E-state index < -0.39 is 55.1 Å². The van der Waals surface area contributed by atoms with Gasteiger partial charge >= 0.3 is 6.16 Å². The summed E-state index contributed by atoms with van der Waals surface area (Å²) in [7, 11) is -6.45. The van der Waals surface area contributed by atoms with Crippen molar-refractivity contribution in [1.82, 2.24) is 43.6 Å². The molecule has 1 aliphatic carbocycles. The van der Waals surface area contributed by atoms with Gasteiger partial charge in [0.15, 0.2) is 0 Å². The van der Waals surface area contributed by atoms with Gasteiger partial charge in [-0.05, 0) is 104 Å². The first-order valence-electron chi connectivity index (χ1n) is 26.8. The lowest BCUT2D eigenvalue weighted by Crippen LogP contribution is -2.60. The van der Waals surface area contributed by atoms with Gasteiger partial charge in [-0.2, -0.15) is 4.79 Å². The fourth-order valence-electron chi connectivity index (χ4n) is 9.95. The molecule has 4 aromatic heterocycles. The normalized spacial score (nSPS) is 20.2. The molecule has 6 fully saturated rings. The molecule has 0 radical (unpaired) electrons. The Morgan fingerprint density at radius 2 is 1.08 bits per heavy atom. The molecule has 5 saturated heterocycles. The average molecular weight is 1130 g/mol. The molecule has 1 saturated carbocycles. The van der Waals surface area contributed by atoms with Crippen LogP contribution < -0.4 is 5.73 Å². The maximum atomic E-state index is 13.1. The van der Waals surface area contributed by atoms with Crippen LogP contribution in [0, 0.1) is 17.8 Å². The van der Waals surface area contributed by atoms with Crippen molar-refractivity contribution in [3.8, 4) is 0 Å². The van der Waals surface area contributed by atoms with Crippen LogP contribution in [0.1, 0.15) is 128 Å². The molecular formula is C52H74N10O14S2. The van der Waals surface area contributed by atoms with Gasteiger partial charge in [0.05, 0.1) is 11.9 Å². The number of aliphatic hydroxyl groups is 2. The molecule has 26 heteroatoms. The summed E-state index contributed by atoms with van der Waals surface area (Å²) in [6.45, 7) is 10.8. The third-order valence-electron chi connectivity index (χ3n) is 15.6. The third-order valence-corrected chi connectivity index (χ3v) is 20.2. The van der Waals surface area contributed by atoms with Gasteiger partial charge in [0.1, 0.15) is 16.5 Å². The third kappa shape index (κ3) is 14.1. The topological polar surface area (TPSA) is 329 Å². The largest absolute Gasteiger partial charge is 0.560 e. The van der Waals surface area contributed by atoms with Crippen LogP contribution in [0.3, 0.4) is 0 Å². The second-order valence-electron chi connectivity index (χ2n) is 21.3. The van der Waals surface area contributed by atoms with Gasteiger partial charge in [-0.15, -0.1) is 0 Å². The number of pyridine rings is 2. The summed E-state index contributed by atoms with van der Waals surface area (Å²) in [4.78, 5) is 93.4. The van der Waals surface area contributed by atoms with Gasteiger partial charge in [0, 0.05) is 120 Å². The van der Waals surface area contributed by atoms with Crippen molar-refractivity contribution in [3.63, 3.8) is 0 Å². The fraction of sp³-hybridized carbons (Fsp3) is 0.615. The molecule has 4 aromatic rings. The minimum Gasteiger partial charge on any atom is -0.396 e. The molecule has 9 heterocycles. The number of H-pyrrole nitrogens is 2. The lowest BCUT2D eigenvalue weighted by Gasteiger charge is -2.42. The van der Waals surface area contributed by atoms with Crippen LogP contribution in [0.15, 0.2) is 49.1 Å². The van der Waals surface area contributed by atoms with Gasteiger partial charge in [-0.3, -0.25) is 33.6 Å². The minimum absolute atomic E-state index is 0.0274.